The zero-order valence-corrected chi connectivity index (χ0v) is 28.2. The molecule has 0 saturated carbocycles. The van der Waals surface area contributed by atoms with Gasteiger partial charge in [0.1, 0.15) is 27.9 Å². The van der Waals surface area contributed by atoms with Crippen LogP contribution in [0, 0.1) is 5.92 Å². The molecule has 48 heavy (non-hydrogen) atoms. The number of para-hydroxylation sites is 1. The van der Waals surface area contributed by atoms with Crippen LogP contribution < -0.4 is 19.4 Å². The number of aromatic nitrogens is 2. The quantitative estimate of drug-likeness (QED) is 0.162. The summed E-state index contributed by atoms with van der Waals surface area (Å²) in [5.74, 6) is 0.708. The number of pyridine rings is 2. The van der Waals surface area contributed by atoms with Gasteiger partial charge >= 0.3 is 12.1 Å². The van der Waals surface area contributed by atoms with Gasteiger partial charge in [-0.3, -0.25) is 9.80 Å². The normalized spacial score (nSPS) is 18.9. The molecule has 12 heteroatoms. The van der Waals surface area contributed by atoms with Crippen molar-refractivity contribution in [1.82, 2.24) is 9.88 Å². The molecule has 250 valence electrons. The van der Waals surface area contributed by atoms with Crippen LogP contribution in [0.1, 0.15) is 46.3 Å². The minimum absolute atomic E-state index is 0.0790. The number of hydrogen-bond donors (Lipinski definition) is 0. The third-order valence-electron chi connectivity index (χ3n) is 8.89. The Hall–Kier alpha value is -4.38. The van der Waals surface area contributed by atoms with Gasteiger partial charge in [0.15, 0.2) is 23.9 Å². The average Bonchev–Trinajstić information content (AvgIpc) is 3.12. The van der Waals surface area contributed by atoms with Crippen LogP contribution in [-0.2, 0) is 22.4 Å². The fourth-order valence-corrected chi connectivity index (χ4v) is 6.81. The Morgan fingerprint density at radius 2 is 1.69 bits per heavy atom. The SMILES string of the molecule is COc1ccc([C@H](Cc2c(Cl)c[nH+]cc2Cl)OC(=O)c2cccc(CN(C(=O)O[C@H]3CN4CCC3CC4)c3ccccc3)n2)cc1OC. The lowest BCUT2D eigenvalue weighted by atomic mass is 9.86. The van der Waals surface area contributed by atoms with Crippen molar-refractivity contribution >= 4 is 41.0 Å². The Bertz CT molecular complexity index is 1730. The van der Waals surface area contributed by atoms with Crippen LogP contribution in [0.25, 0.3) is 0 Å². The number of methoxy groups -OCH3 is 2. The number of hydrogen-bond acceptors (Lipinski definition) is 8. The molecular weight excluding hydrogens is 655 g/mol. The first-order chi connectivity index (χ1) is 23.3. The highest BCUT2D eigenvalue weighted by Crippen LogP contribution is 2.35. The maximum atomic E-state index is 13.7. The zero-order valence-electron chi connectivity index (χ0n) is 26.7. The van der Waals surface area contributed by atoms with E-state index in [1.807, 2.05) is 30.3 Å². The van der Waals surface area contributed by atoms with Gasteiger partial charge in [-0.2, -0.15) is 0 Å². The topological polar surface area (TPSA) is 105 Å². The number of anilines is 1. The monoisotopic (exact) mass is 691 g/mol. The molecule has 3 saturated heterocycles. The lowest BCUT2D eigenvalue weighted by Crippen LogP contribution is -2.53. The van der Waals surface area contributed by atoms with Gasteiger partial charge in [-0.15, -0.1) is 0 Å². The standard InChI is InChI=1S/C36H36Cl2N4O6/c1-45-31-12-11-24(17-33(31)46-2)32(18-27-28(37)19-39-20-29(27)38)47-35(43)30-10-6-7-25(40-30)21-42(26-8-4-3-5-9-26)36(44)48-34-22-41-15-13-23(34)14-16-41/h3-12,17,19-20,23,32,34H,13-16,18,21-22H2,1-2H3/p+1/t32-,34-/m0/s1. The summed E-state index contributed by atoms with van der Waals surface area (Å²) >= 11 is 13.0. The Kier molecular flexibility index (Phi) is 10.6. The van der Waals surface area contributed by atoms with Crippen molar-refractivity contribution in [3.8, 4) is 11.5 Å². The summed E-state index contributed by atoms with van der Waals surface area (Å²) < 4.78 is 23.1. The van der Waals surface area contributed by atoms with Crippen molar-refractivity contribution in [2.24, 2.45) is 5.92 Å². The molecule has 4 aromatic rings. The van der Waals surface area contributed by atoms with Crippen molar-refractivity contribution in [2.45, 2.75) is 38.0 Å². The number of carbonyl (C=O) groups is 2. The Morgan fingerprint density at radius 1 is 0.958 bits per heavy atom. The molecule has 2 bridgehead atoms. The second-order valence-electron chi connectivity index (χ2n) is 11.8. The summed E-state index contributed by atoms with van der Waals surface area (Å²) in [6.07, 6.45) is 4.05. The fraction of sp³-hybridized carbons (Fsp3) is 0.333. The number of esters is 1. The minimum Gasteiger partial charge on any atom is -0.493 e. The Balaban J connectivity index is 1.24. The van der Waals surface area contributed by atoms with Gasteiger partial charge in [-0.1, -0.05) is 53.5 Å². The lowest BCUT2D eigenvalue weighted by molar-refractivity contribution is -0.377. The van der Waals surface area contributed by atoms with E-state index in [1.54, 1.807) is 60.8 Å². The van der Waals surface area contributed by atoms with E-state index in [9.17, 15) is 9.59 Å². The van der Waals surface area contributed by atoms with Crippen LogP contribution in [0.2, 0.25) is 10.0 Å². The molecule has 7 rings (SSSR count). The summed E-state index contributed by atoms with van der Waals surface area (Å²) in [6.45, 7) is 2.93. The van der Waals surface area contributed by atoms with E-state index < -0.39 is 18.2 Å². The lowest BCUT2D eigenvalue weighted by Gasteiger charge is -2.44. The number of carbonyl (C=O) groups excluding carboxylic acids is 2. The van der Waals surface area contributed by atoms with Crippen LogP contribution in [0.3, 0.4) is 0 Å². The molecule has 0 unspecified atom stereocenters. The Labute approximate surface area is 289 Å². The number of fused-ring (bicyclic) bond motifs is 3. The molecule has 5 heterocycles. The summed E-state index contributed by atoms with van der Waals surface area (Å²) in [4.78, 5) is 38.8. The largest absolute Gasteiger partial charge is 0.493 e. The molecular formula is C36H37Cl2N4O6+. The van der Waals surface area contributed by atoms with Gasteiger partial charge in [0, 0.05) is 24.2 Å². The molecule has 2 aromatic heterocycles. The number of nitrogens with one attached hydrogen (secondary N) is 1. The first kappa shape index (κ1) is 33.5. The number of rotatable bonds is 11. The average molecular weight is 693 g/mol. The molecule has 2 atom stereocenters. The number of halogens is 2. The van der Waals surface area contributed by atoms with Gasteiger partial charge in [-0.05, 0) is 73.8 Å². The maximum Gasteiger partial charge on any atom is 0.414 e. The fourth-order valence-electron chi connectivity index (χ4n) is 6.28. The summed E-state index contributed by atoms with van der Waals surface area (Å²) in [5, 5.41) is 0.797. The molecule has 0 aliphatic carbocycles. The minimum atomic E-state index is -0.808. The third kappa shape index (κ3) is 7.67. The number of amides is 1. The van der Waals surface area contributed by atoms with E-state index in [1.165, 1.54) is 7.11 Å². The van der Waals surface area contributed by atoms with Crippen LogP contribution in [0.15, 0.2) is 79.1 Å². The van der Waals surface area contributed by atoms with Crippen molar-refractivity contribution in [3.63, 3.8) is 0 Å². The molecule has 1 N–H and O–H groups in total. The van der Waals surface area contributed by atoms with Gasteiger partial charge in [0.25, 0.3) is 0 Å². The predicted molar refractivity (Wildman–Crippen MR) is 181 cm³/mol. The van der Waals surface area contributed by atoms with Gasteiger partial charge < -0.3 is 18.9 Å². The molecule has 3 fully saturated rings. The van der Waals surface area contributed by atoms with Crippen molar-refractivity contribution in [1.29, 1.82) is 0 Å². The number of ether oxygens (including phenoxy) is 4. The van der Waals surface area contributed by atoms with E-state index in [2.05, 4.69) is 14.9 Å². The van der Waals surface area contributed by atoms with Gasteiger partial charge in [0.05, 0.1) is 26.5 Å². The van der Waals surface area contributed by atoms with E-state index in [-0.39, 0.29) is 24.8 Å². The molecule has 0 spiro atoms. The van der Waals surface area contributed by atoms with E-state index in [0.717, 1.165) is 32.5 Å². The van der Waals surface area contributed by atoms with Gasteiger partial charge in [0.2, 0.25) is 0 Å². The zero-order chi connectivity index (χ0) is 33.6. The first-order valence-corrected chi connectivity index (χ1v) is 16.6. The predicted octanol–water partition coefficient (Wildman–Crippen LogP) is 6.60. The number of piperidine rings is 3. The van der Waals surface area contributed by atoms with E-state index in [0.29, 0.717) is 50.0 Å². The third-order valence-corrected chi connectivity index (χ3v) is 9.56. The van der Waals surface area contributed by atoms with Crippen LogP contribution in [0.5, 0.6) is 11.5 Å². The van der Waals surface area contributed by atoms with E-state index >= 15 is 0 Å². The van der Waals surface area contributed by atoms with E-state index in [4.69, 9.17) is 42.1 Å². The summed E-state index contributed by atoms with van der Waals surface area (Å²) in [5.41, 5.74) is 2.48. The first-order valence-electron chi connectivity index (χ1n) is 15.8. The maximum absolute atomic E-state index is 13.7. The number of aromatic amines is 1. The van der Waals surface area contributed by atoms with Gasteiger partial charge in [-0.25, -0.2) is 19.6 Å². The second-order valence-corrected chi connectivity index (χ2v) is 12.7. The Morgan fingerprint density at radius 3 is 2.35 bits per heavy atom. The molecule has 3 aliphatic heterocycles. The van der Waals surface area contributed by atoms with Crippen molar-refractivity contribution < 1.29 is 33.5 Å². The highest BCUT2D eigenvalue weighted by Gasteiger charge is 2.37. The highest BCUT2D eigenvalue weighted by atomic mass is 35.5. The number of benzene rings is 2. The van der Waals surface area contributed by atoms with Crippen molar-refractivity contribution in [3.05, 3.63) is 112 Å². The van der Waals surface area contributed by atoms with Crippen LogP contribution >= 0.6 is 23.2 Å². The van der Waals surface area contributed by atoms with Crippen LogP contribution in [-0.4, -0.2) is 61.9 Å². The molecule has 0 radical (unpaired) electrons. The smallest absolute Gasteiger partial charge is 0.414 e. The summed E-state index contributed by atoms with van der Waals surface area (Å²) in [6, 6.07) is 19.6. The van der Waals surface area contributed by atoms with Crippen LogP contribution in [0.4, 0.5) is 10.5 Å². The van der Waals surface area contributed by atoms with Crippen molar-refractivity contribution in [2.75, 3.05) is 38.8 Å². The summed E-state index contributed by atoms with van der Waals surface area (Å²) in [7, 11) is 3.08. The highest BCUT2D eigenvalue weighted by molar-refractivity contribution is 6.35. The molecule has 3 aliphatic rings. The molecule has 1 amide bonds. The molecule has 10 nitrogen and oxygen atoms in total. The number of nitrogens with zero attached hydrogens (tertiary/aromatic N) is 3. The second kappa shape index (κ2) is 15.2. The molecule has 2 aromatic carbocycles. The number of H-pyrrole nitrogens is 1.